The van der Waals surface area contributed by atoms with Crippen molar-refractivity contribution in [3.05, 3.63) is 65.7 Å². The van der Waals surface area contributed by atoms with E-state index in [4.69, 9.17) is 4.74 Å². The van der Waals surface area contributed by atoms with Crippen molar-refractivity contribution >= 4 is 6.08 Å². The molecule has 0 atom stereocenters. The van der Waals surface area contributed by atoms with Gasteiger partial charge in [0.15, 0.2) is 0 Å². The van der Waals surface area contributed by atoms with E-state index in [2.05, 4.69) is 37.3 Å². The van der Waals surface area contributed by atoms with Crippen molar-refractivity contribution < 1.29 is 4.74 Å². The first-order chi connectivity index (χ1) is 9.31. The second-order valence-electron chi connectivity index (χ2n) is 4.57. The second kappa shape index (κ2) is 6.79. The van der Waals surface area contributed by atoms with Crippen molar-refractivity contribution in [2.45, 2.75) is 26.7 Å². The van der Waals surface area contributed by atoms with Crippen LogP contribution in [0, 0.1) is 0 Å². The van der Waals surface area contributed by atoms with Gasteiger partial charge in [-0.15, -0.1) is 0 Å². The molecule has 0 spiro atoms. The molecule has 0 amide bonds. The molecule has 0 aromatic heterocycles. The molecule has 2 aromatic rings. The lowest BCUT2D eigenvalue weighted by Crippen LogP contribution is -1.86. The quantitative estimate of drug-likeness (QED) is 0.686. The van der Waals surface area contributed by atoms with Gasteiger partial charge >= 0.3 is 0 Å². The molecule has 98 valence electrons. The molecule has 0 aliphatic heterocycles. The molecule has 2 aromatic carbocycles. The van der Waals surface area contributed by atoms with Crippen LogP contribution in [-0.4, -0.2) is 0 Å². The fourth-order valence-corrected chi connectivity index (χ4v) is 1.99. The van der Waals surface area contributed by atoms with E-state index < -0.39 is 0 Å². The maximum atomic E-state index is 5.82. The Bertz CT molecular complexity index is 521. The lowest BCUT2D eigenvalue weighted by molar-refractivity contribution is 0.482. The van der Waals surface area contributed by atoms with Crippen LogP contribution in [0.5, 0.6) is 11.5 Å². The van der Waals surface area contributed by atoms with E-state index in [1.807, 2.05) is 37.3 Å². The summed E-state index contributed by atoms with van der Waals surface area (Å²) in [6, 6.07) is 16.4. The van der Waals surface area contributed by atoms with Gasteiger partial charge in [-0.3, -0.25) is 0 Å². The summed E-state index contributed by atoms with van der Waals surface area (Å²) in [4.78, 5) is 0. The first kappa shape index (κ1) is 13.4. The van der Waals surface area contributed by atoms with Crippen LogP contribution in [0.15, 0.2) is 54.6 Å². The largest absolute Gasteiger partial charge is 0.457 e. The zero-order valence-electron chi connectivity index (χ0n) is 11.6. The Morgan fingerprint density at radius 3 is 2.00 bits per heavy atom. The van der Waals surface area contributed by atoms with E-state index in [0.717, 1.165) is 17.9 Å². The van der Waals surface area contributed by atoms with Gasteiger partial charge in [0.05, 0.1) is 0 Å². The van der Waals surface area contributed by atoms with Gasteiger partial charge in [-0.25, -0.2) is 0 Å². The first-order valence-corrected chi connectivity index (χ1v) is 6.81. The van der Waals surface area contributed by atoms with Crippen molar-refractivity contribution in [2.24, 2.45) is 0 Å². The molecular formula is C18H20O. The lowest BCUT2D eigenvalue weighted by Gasteiger charge is -2.07. The maximum Gasteiger partial charge on any atom is 0.127 e. The topological polar surface area (TPSA) is 9.23 Å². The van der Waals surface area contributed by atoms with Gasteiger partial charge < -0.3 is 4.74 Å². The van der Waals surface area contributed by atoms with Gasteiger partial charge in [-0.2, -0.15) is 0 Å². The van der Waals surface area contributed by atoms with Crippen LogP contribution in [-0.2, 0) is 6.42 Å². The molecule has 0 saturated carbocycles. The summed E-state index contributed by atoms with van der Waals surface area (Å²) in [5, 5.41) is 0. The predicted molar refractivity (Wildman–Crippen MR) is 81.7 cm³/mol. The molecule has 0 bridgehead atoms. The number of allylic oxidation sites excluding steroid dienone is 1. The van der Waals surface area contributed by atoms with Gasteiger partial charge in [0, 0.05) is 0 Å². The van der Waals surface area contributed by atoms with Crippen molar-refractivity contribution in [2.75, 3.05) is 0 Å². The van der Waals surface area contributed by atoms with E-state index in [1.54, 1.807) is 0 Å². The number of hydrogen-bond acceptors (Lipinski definition) is 1. The van der Waals surface area contributed by atoms with Gasteiger partial charge in [0.25, 0.3) is 0 Å². The fourth-order valence-electron chi connectivity index (χ4n) is 1.99. The monoisotopic (exact) mass is 252 g/mol. The van der Waals surface area contributed by atoms with Crippen LogP contribution >= 0.6 is 0 Å². The summed E-state index contributed by atoms with van der Waals surface area (Å²) in [5.41, 5.74) is 2.55. The SMILES string of the molecule is C/C=C/c1ccc(Oc2ccc(CCC)cc2)cc1. The Labute approximate surface area is 115 Å². The average Bonchev–Trinajstić information content (AvgIpc) is 2.44. The zero-order chi connectivity index (χ0) is 13.5. The molecule has 0 heterocycles. The van der Waals surface area contributed by atoms with Crippen LogP contribution in [0.3, 0.4) is 0 Å². The minimum Gasteiger partial charge on any atom is -0.457 e. The Balaban J connectivity index is 2.03. The van der Waals surface area contributed by atoms with Crippen molar-refractivity contribution in [3.8, 4) is 11.5 Å². The van der Waals surface area contributed by atoms with Crippen LogP contribution < -0.4 is 4.74 Å². The number of benzene rings is 2. The molecule has 0 radical (unpaired) electrons. The van der Waals surface area contributed by atoms with Crippen LogP contribution in [0.4, 0.5) is 0 Å². The highest BCUT2D eigenvalue weighted by Gasteiger charge is 1.98. The van der Waals surface area contributed by atoms with Gasteiger partial charge in [0.1, 0.15) is 11.5 Å². The Morgan fingerprint density at radius 2 is 1.47 bits per heavy atom. The summed E-state index contributed by atoms with van der Waals surface area (Å²) < 4.78 is 5.82. The Kier molecular flexibility index (Phi) is 4.79. The molecule has 1 heteroatoms. The molecule has 1 nitrogen and oxygen atoms in total. The van der Waals surface area contributed by atoms with E-state index in [0.29, 0.717) is 0 Å². The van der Waals surface area contributed by atoms with Gasteiger partial charge in [-0.1, -0.05) is 49.8 Å². The van der Waals surface area contributed by atoms with Gasteiger partial charge in [-0.05, 0) is 48.7 Å². The molecule has 0 fully saturated rings. The highest BCUT2D eigenvalue weighted by atomic mass is 16.5. The summed E-state index contributed by atoms with van der Waals surface area (Å²) in [5.74, 6) is 1.76. The van der Waals surface area contributed by atoms with E-state index >= 15 is 0 Å². The van der Waals surface area contributed by atoms with Crippen molar-refractivity contribution in [1.82, 2.24) is 0 Å². The van der Waals surface area contributed by atoms with Crippen molar-refractivity contribution in [1.29, 1.82) is 0 Å². The van der Waals surface area contributed by atoms with Crippen LogP contribution in [0.2, 0.25) is 0 Å². The lowest BCUT2D eigenvalue weighted by atomic mass is 10.1. The number of rotatable bonds is 5. The van der Waals surface area contributed by atoms with E-state index in [-0.39, 0.29) is 0 Å². The molecule has 0 aliphatic rings. The normalized spacial score (nSPS) is 10.8. The second-order valence-corrected chi connectivity index (χ2v) is 4.57. The number of ether oxygens (including phenoxy) is 1. The van der Waals surface area contributed by atoms with E-state index in [9.17, 15) is 0 Å². The van der Waals surface area contributed by atoms with Crippen LogP contribution in [0.25, 0.3) is 6.08 Å². The summed E-state index contributed by atoms with van der Waals surface area (Å²) in [6.45, 7) is 4.21. The molecule has 0 saturated heterocycles. The van der Waals surface area contributed by atoms with Crippen molar-refractivity contribution in [3.63, 3.8) is 0 Å². The van der Waals surface area contributed by atoms with Gasteiger partial charge in [0.2, 0.25) is 0 Å². The smallest absolute Gasteiger partial charge is 0.127 e. The molecule has 0 unspecified atom stereocenters. The third kappa shape index (κ3) is 3.99. The Morgan fingerprint density at radius 1 is 0.895 bits per heavy atom. The molecule has 2 rings (SSSR count). The molecule has 0 N–H and O–H groups in total. The first-order valence-electron chi connectivity index (χ1n) is 6.81. The fraction of sp³-hybridized carbons (Fsp3) is 0.222. The zero-order valence-corrected chi connectivity index (χ0v) is 11.6. The predicted octanol–water partition coefficient (Wildman–Crippen LogP) is 5.46. The van der Waals surface area contributed by atoms with E-state index in [1.165, 1.54) is 17.5 Å². The summed E-state index contributed by atoms with van der Waals surface area (Å²) >= 11 is 0. The highest BCUT2D eigenvalue weighted by Crippen LogP contribution is 2.22. The van der Waals surface area contributed by atoms with Crippen LogP contribution in [0.1, 0.15) is 31.4 Å². The number of aryl methyl sites for hydroxylation is 1. The minimum atomic E-state index is 0.872. The summed E-state index contributed by atoms with van der Waals surface area (Å²) in [7, 11) is 0. The highest BCUT2D eigenvalue weighted by molar-refractivity contribution is 5.50. The minimum absolute atomic E-state index is 0.872. The molecular weight excluding hydrogens is 232 g/mol. The number of hydrogen-bond donors (Lipinski definition) is 0. The third-order valence-electron chi connectivity index (χ3n) is 2.94. The average molecular weight is 252 g/mol. The maximum absolute atomic E-state index is 5.82. The standard InChI is InChI=1S/C18H20O/c1-3-5-15-7-11-17(12-8-15)19-18-13-9-16(6-4-2)10-14-18/h3,5,7-14H,4,6H2,1-2H3/b5-3+. The third-order valence-corrected chi connectivity index (χ3v) is 2.94. The molecule has 0 aliphatic carbocycles. The Hall–Kier alpha value is -2.02. The molecule has 19 heavy (non-hydrogen) atoms. The summed E-state index contributed by atoms with van der Waals surface area (Å²) in [6.07, 6.45) is 6.40.